The lowest BCUT2D eigenvalue weighted by atomic mass is 10.2. The van der Waals surface area contributed by atoms with Crippen LogP contribution in [0.1, 0.15) is 0 Å². The number of anilines is 1. The molecular formula is C15H20N2O3S. The first-order valence-corrected chi connectivity index (χ1v) is 8.23. The van der Waals surface area contributed by atoms with Crippen LogP contribution >= 0.6 is 11.8 Å². The number of fused-ring (bicyclic) bond motifs is 1. The molecule has 1 amide bonds. The second-order valence-electron chi connectivity index (χ2n) is 5.24. The molecule has 21 heavy (non-hydrogen) atoms. The van der Waals surface area contributed by atoms with Crippen LogP contribution < -0.4 is 4.90 Å². The summed E-state index contributed by atoms with van der Waals surface area (Å²) in [5, 5.41) is 9.39. The van der Waals surface area contributed by atoms with Gasteiger partial charge < -0.3 is 14.7 Å². The van der Waals surface area contributed by atoms with Crippen LogP contribution in [0.2, 0.25) is 0 Å². The van der Waals surface area contributed by atoms with Gasteiger partial charge in [-0.3, -0.25) is 9.69 Å². The van der Waals surface area contributed by atoms with Crippen LogP contribution in [-0.4, -0.2) is 67.2 Å². The minimum atomic E-state index is -0.0721. The molecule has 0 radical (unpaired) electrons. The number of aliphatic hydroxyl groups excluding tert-OH is 1. The standard InChI is InChI=1S/C15H20N2O3S/c18-10-12-11-20-7-5-16(12)9-15(19)17-6-8-21-14-4-2-1-3-13(14)17/h1-4,12,18H,5-11H2. The first kappa shape index (κ1) is 14.8. The van der Waals surface area contributed by atoms with Gasteiger partial charge in [-0.2, -0.15) is 0 Å². The summed E-state index contributed by atoms with van der Waals surface area (Å²) < 4.78 is 5.36. The molecule has 3 rings (SSSR count). The van der Waals surface area contributed by atoms with Crippen LogP contribution in [-0.2, 0) is 9.53 Å². The number of carbonyl (C=O) groups excluding carboxylic acids is 1. The van der Waals surface area contributed by atoms with Gasteiger partial charge in [0.15, 0.2) is 0 Å². The molecule has 2 aliphatic rings. The molecule has 1 aromatic carbocycles. The van der Waals surface area contributed by atoms with Crippen LogP contribution in [0.5, 0.6) is 0 Å². The van der Waals surface area contributed by atoms with E-state index in [0.29, 0.717) is 26.3 Å². The first-order chi connectivity index (χ1) is 10.3. The van der Waals surface area contributed by atoms with Crippen molar-refractivity contribution in [1.29, 1.82) is 0 Å². The predicted molar refractivity (Wildman–Crippen MR) is 82.8 cm³/mol. The molecule has 1 N–H and O–H groups in total. The van der Waals surface area contributed by atoms with Crippen molar-refractivity contribution in [1.82, 2.24) is 4.90 Å². The van der Waals surface area contributed by atoms with Gasteiger partial charge >= 0.3 is 0 Å². The van der Waals surface area contributed by atoms with Gasteiger partial charge in [-0.15, -0.1) is 11.8 Å². The van der Waals surface area contributed by atoms with Gasteiger partial charge in [-0.25, -0.2) is 0 Å². The van der Waals surface area contributed by atoms with Crippen LogP contribution in [0.25, 0.3) is 0 Å². The van der Waals surface area contributed by atoms with Crippen molar-refractivity contribution < 1.29 is 14.6 Å². The Hall–Kier alpha value is -1.08. The first-order valence-electron chi connectivity index (χ1n) is 7.24. The molecule has 114 valence electrons. The molecule has 1 unspecified atom stereocenters. The summed E-state index contributed by atoms with van der Waals surface area (Å²) in [5.41, 5.74) is 1.01. The molecule has 1 fully saturated rings. The number of para-hydroxylation sites is 1. The number of thioether (sulfide) groups is 1. The average Bonchev–Trinajstić information content (AvgIpc) is 2.54. The third-order valence-electron chi connectivity index (χ3n) is 3.93. The van der Waals surface area contributed by atoms with Crippen molar-refractivity contribution in [2.75, 3.05) is 50.1 Å². The molecule has 0 bridgehead atoms. The SMILES string of the molecule is O=C(CN1CCOCC1CO)N1CCSc2ccccc21. The molecule has 1 saturated heterocycles. The molecule has 2 heterocycles. The maximum Gasteiger partial charge on any atom is 0.241 e. The highest BCUT2D eigenvalue weighted by Gasteiger charge is 2.28. The van der Waals surface area contributed by atoms with E-state index in [-0.39, 0.29) is 18.6 Å². The topological polar surface area (TPSA) is 53.0 Å². The lowest BCUT2D eigenvalue weighted by Gasteiger charge is -2.36. The largest absolute Gasteiger partial charge is 0.395 e. The summed E-state index contributed by atoms with van der Waals surface area (Å²) in [6.07, 6.45) is 0. The Kier molecular flexibility index (Phi) is 4.80. The van der Waals surface area contributed by atoms with E-state index in [1.54, 1.807) is 11.8 Å². The fourth-order valence-electron chi connectivity index (χ4n) is 2.75. The van der Waals surface area contributed by atoms with Crippen molar-refractivity contribution in [2.45, 2.75) is 10.9 Å². The van der Waals surface area contributed by atoms with Gasteiger partial charge in [0, 0.05) is 23.7 Å². The molecule has 2 aliphatic heterocycles. The van der Waals surface area contributed by atoms with E-state index in [4.69, 9.17) is 4.74 Å². The highest BCUT2D eigenvalue weighted by molar-refractivity contribution is 7.99. The van der Waals surface area contributed by atoms with E-state index in [9.17, 15) is 9.90 Å². The van der Waals surface area contributed by atoms with Gasteiger partial charge in [-0.1, -0.05) is 12.1 Å². The monoisotopic (exact) mass is 308 g/mol. The molecule has 0 aliphatic carbocycles. The van der Waals surface area contributed by atoms with Gasteiger partial charge in [-0.05, 0) is 12.1 Å². The number of nitrogens with zero attached hydrogens (tertiary/aromatic N) is 2. The fraction of sp³-hybridized carbons (Fsp3) is 0.533. The Labute approximate surface area is 128 Å². The highest BCUT2D eigenvalue weighted by atomic mass is 32.2. The highest BCUT2D eigenvalue weighted by Crippen LogP contribution is 2.34. The zero-order chi connectivity index (χ0) is 14.7. The number of carbonyl (C=O) groups is 1. The Balaban J connectivity index is 1.71. The van der Waals surface area contributed by atoms with Crippen LogP contribution in [0.3, 0.4) is 0 Å². The molecule has 0 saturated carbocycles. The number of benzene rings is 1. The minimum absolute atomic E-state index is 0.0275. The van der Waals surface area contributed by atoms with Crippen molar-refractivity contribution in [2.24, 2.45) is 0 Å². The van der Waals surface area contributed by atoms with E-state index in [2.05, 4.69) is 6.07 Å². The molecule has 5 nitrogen and oxygen atoms in total. The normalized spacial score (nSPS) is 22.9. The maximum absolute atomic E-state index is 12.6. The van der Waals surface area contributed by atoms with Crippen molar-refractivity contribution in [3.8, 4) is 0 Å². The lowest BCUT2D eigenvalue weighted by Crippen LogP contribution is -2.52. The van der Waals surface area contributed by atoms with E-state index in [0.717, 1.165) is 22.9 Å². The molecule has 1 aromatic rings. The third kappa shape index (κ3) is 3.23. The minimum Gasteiger partial charge on any atom is -0.395 e. The summed E-state index contributed by atoms with van der Waals surface area (Å²) in [6.45, 7) is 2.93. The molecule has 1 atom stereocenters. The summed E-state index contributed by atoms with van der Waals surface area (Å²) in [6, 6.07) is 7.96. The van der Waals surface area contributed by atoms with E-state index in [1.807, 2.05) is 28.0 Å². The van der Waals surface area contributed by atoms with E-state index in [1.165, 1.54) is 0 Å². The Morgan fingerprint density at radius 1 is 1.38 bits per heavy atom. The van der Waals surface area contributed by atoms with Crippen LogP contribution in [0.15, 0.2) is 29.2 Å². The number of rotatable bonds is 3. The fourth-order valence-corrected chi connectivity index (χ4v) is 3.75. The van der Waals surface area contributed by atoms with Crippen LogP contribution in [0, 0.1) is 0 Å². The van der Waals surface area contributed by atoms with Gasteiger partial charge in [0.1, 0.15) is 0 Å². The summed E-state index contributed by atoms with van der Waals surface area (Å²) in [5.74, 6) is 1.03. The Morgan fingerprint density at radius 3 is 3.10 bits per heavy atom. The maximum atomic E-state index is 12.6. The summed E-state index contributed by atoms with van der Waals surface area (Å²) in [4.78, 5) is 17.7. The average molecular weight is 308 g/mol. The molecule has 6 heteroatoms. The second kappa shape index (κ2) is 6.79. The second-order valence-corrected chi connectivity index (χ2v) is 6.38. The number of hydrogen-bond acceptors (Lipinski definition) is 5. The predicted octanol–water partition coefficient (Wildman–Crippen LogP) is 0.818. The lowest BCUT2D eigenvalue weighted by molar-refractivity contribution is -0.122. The number of hydrogen-bond donors (Lipinski definition) is 1. The van der Waals surface area contributed by atoms with E-state index >= 15 is 0 Å². The number of morpholine rings is 1. The quantitative estimate of drug-likeness (QED) is 0.896. The smallest absolute Gasteiger partial charge is 0.241 e. The molecule has 0 aromatic heterocycles. The number of ether oxygens (including phenoxy) is 1. The zero-order valence-electron chi connectivity index (χ0n) is 11.9. The van der Waals surface area contributed by atoms with E-state index < -0.39 is 0 Å². The zero-order valence-corrected chi connectivity index (χ0v) is 12.7. The number of amides is 1. The molecular weight excluding hydrogens is 288 g/mol. The van der Waals surface area contributed by atoms with Gasteiger partial charge in [0.2, 0.25) is 5.91 Å². The van der Waals surface area contributed by atoms with Crippen molar-refractivity contribution in [3.05, 3.63) is 24.3 Å². The van der Waals surface area contributed by atoms with Gasteiger partial charge in [0.05, 0.1) is 38.1 Å². The summed E-state index contributed by atoms with van der Waals surface area (Å²) >= 11 is 1.79. The van der Waals surface area contributed by atoms with Gasteiger partial charge in [0.25, 0.3) is 0 Å². The third-order valence-corrected chi connectivity index (χ3v) is 4.97. The van der Waals surface area contributed by atoms with Crippen molar-refractivity contribution in [3.63, 3.8) is 0 Å². The van der Waals surface area contributed by atoms with Crippen LogP contribution in [0.4, 0.5) is 5.69 Å². The molecule has 0 spiro atoms. The Bertz CT molecular complexity index is 511. The number of aliphatic hydroxyl groups is 1. The van der Waals surface area contributed by atoms with Crippen molar-refractivity contribution >= 4 is 23.4 Å². The summed E-state index contributed by atoms with van der Waals surface area (Å²) in [7, 11) is 0. The Morgan fingerprint density at radius 2 is 2.24 bits per heavy atom.